The molecule has 168 valence electrons. The van der Waals surface area contributed by atoms with E-state index in [-0.39, 0.29) is 23.3 Å². The molecule has 0 spiro atoms. The number of halogens is 4. The summed E-state index contributed by atoms with van der Waals surface area (Å²) >= 11 is 0. The van der Waals surface area contributed by atoms with E-state index in [9.17, 15) is 21.6 Å². The minimum Gasteiger partial charge on any atom is -0.497 e. The van der Waals surface area contributed by atoms with E-state index < -0.39 is 21.8 Å². The first kappa shape index (κ1) is 23.4. The van der Waals surface area contributed by atoms with Gasteiger partial charge in [0.05, 0.1) is 23.1 Å². The highest BCUT2D eigenvalue weighted by molar-refractivity contribution is 7.90. The van der Waals surface area contributed by atoms with Gasteiger partial charge in [-0.1, -0.05) is 6.07 Å². The Morgan fingerprint density at radius 2 is 1.90 bits per heavy atom. The van der Waals surface area contributed by atoms with Crippen molar-refractivity contribution in [2.24, 2.45) is 0 Å². The van der Waals surface area contributed by atoms with Crippen molar-refractivity contribution in [3.63, 3.8) is 0 Å². The van der Waals surface area contributed by atoms with Gasteiger partial charge in [0.1, 0.15) is 5.75 Å². The molecule has 1 N–H and O–H groups in total. The monoisotopic (exact) mass is 474 g/mol. The number of aromatic nitrogens is 1. The predicted molar refractivity (Wildman–Crippen MR) is 115 cm³/mol. The number of ether oxygens (including phenoxy) is 1. The zero-order valence-electron chi connectivity index (χ0n) is 16.9. The number of alkyl halides is 3. The fourth-order valence-electron chi connectivity index (χ4n) is 4.08. The lowest BCUT2D eigenvalue weighted by atomic mass is 9.91. The zero-order chi connectivity index (χ0) is 21.7. The molecule has 0 saturated heterocycles. The Morgan fingerprint density at radius 3 is 2.55 bits per heavy atom. The van der Waals surface area contributed by atoms with Gasteiger partial charge in [0, 0.05) is 17.1 Å². The molecule has 1 heterocycles. The fourth-order valence-corrected chi connectivity index (χ4v) is 5.73. The van der Waals surface area contributed by atoms with Crippen molar-refractivity contribution in [2.45, 2.75) is 36.4 Å². The van der Waals surface area contributed by atoms with Crippen LogP contribution >= 0.6 is 12.4 Å². The summed E-state index contributed by atoms with van der Waals surface area (Å²) in [7, 11) is -0.851. The minimum atomic E-state index is -4.63. The molecular formula is C21H22ClF3N2O3S. The Labute approximate surface area is 184 Å². The van der Waals surface area contributed by atoms with Crippen molar-refractivity contribution in [2.75, 3.05) is 14.2 Å². The van der Waals surface area contributed by atoms with Crippen LogP contribution in [0.3, 0.4) is 0 Å². The first-order valence-electron chi connectivity index (χ1n) is 9.47. The molecule has 0 aliphatic heterocycles. The van der Waals surface area contributed by atoms with Gasteiger partial charge < -0.3 is 10.1 Å². The maximum absolute atomic E-state index is 13.5. The first-order valence-corrected chi connectivity index (χ1v) is 10.9. The van der Waals surface area contributed by atoms with Crippen LogP contribution in [-0.2, 0) is 29.0 Å². The van der Waals surface area contributed by atoms with E-state index in [0.29, 0.717) is 35.9 Å². The highest BCUT2D eigenvalue weighted by atomic mass is 35.5. The number of benzene rings is 2. The molecule has 1 aliphatic carbocycles. The summed E-state index contributed by atoms with van der Waals surface area (Å²) in [6, 6.07) is 9.15. The quantitative estimate of drug-likeness (QED) is 0.608. The summed E-state index contributed by atoms with van der Waals surface area (Å²) in [5, 5.41) is 3.96. The summed E-state index contributed by atoms with van der Waals surface area (Å²) in [4.78, 5) is -0.386. The van der Waals surface area contributed by atoms with Gasteiger partial charge >= 0.3 is 6.18 Å². The molecule has 2 aromatic carbocycles. The van der Waals surface area contributed by atoms with Crippen LogP contribution in [0.5, 0.6) is 5.75 Å². The minimum absolute atomic E-state index is 0. The highest BCUT2D eigenvalue weighted by Crippen LogP contribution is 2.38. The summed E-state index contributed by atoms with van der Waals surface area (Å²) in [6.45, 7) is 0. The van der Waals surface area contributed by atoms with E-state index in [2.05, 4.69) is 5.32 Å². The highest BCUT2D eigenvalue weighted by Gasteiger charge is 2.34. The number of hydrogen-bond acceptors (Lipinski definition) is 4. The Bertz CT molecular complexity index is 1220. The smallest absolute Gasteiger partial charge is 0.416 e. The van der Waals surface area contributed by atoms with E-state index in [1.807, 2.05) is 7.05 Å². The number of fused-ring (bicyclic) bond motifs is 3. The average Bonchev–Trinajstić information content (AvgIpc) is 3.06. The molecule has 0 amide bonds. The zero-order valence-corrected chi connectivity index (χ0v) is 18.5. The standard InChI is InChI=1S/C21H21F3N2O3S.ClH/c1-25-14-6-8-19-17(11-14)18-12-15(29-2)7-9-20(18)26(19)30(27,28)16-5-3-4-13(10-16)21(22,23)24;/h3-5,7,9-10,12,14,25H,6,8,11H2,1-2H3;1H. The van der Waals surface area contributed by atoms with E-state index in [1.165, 1.54) is 17.1 Å². The summed E-state index contributed by atoms with van der Waals surface area (Å²) < 4.78 is 73.0. The third-order valence-corrected chi connectivity index (χ3v) is 7.38. The number of nitrogens with zero attached hydrogens (tertiary/aromatic N) is 1. The second-order valence-corrected chi connectivity index (χ2v) is 9.12. The number of hydrogen-bond donors (Lipinski definition) is 1. The van der Waals surface area contributed by atoms with Gasteiger partial charge in [0.25, 0.3) is 10.0 Å². The Kier molecular flexibility index (Phi) is 6.32. The Morgan fingerprint density at radius 1 is 1.16 bits per heavy atom. The summed E-state index contributed by atoms with van der Waals surface area (Å²) in [6.07, 6.45) is -2.77. The molecule has 1 unspecified atom stereocenters. The van der Waals surface area contributed by atoms with Crippen molar-refractivity contribution >= 4 is 33.3 Å². The van der Waals surface area contributed by atoms with Crippen LogP contribution < -0.4 is 10.1 Å². The van der Waals surface area contributed by atoms with Crippen LogP contribution in [0.25, 0.3) is 10.9 Å². The first-order chi connectivity index (χ1) is 14.2. The van der Waals surface area contributed by atoms with Gasteiger partial charge in [-0.25, -0.2) is 12.4 Å². The van der Waals surface area contributed by atoms with Crippen LogP contribution in [0, 0.1) is 0 Å². The van der Waals surface area contributed by atoms with Gasteiger partial charge in [0.15, 0.2) is 0 Å². The molecule has 0 fully saturated rings. The molecule has 5 nitrogen and oxygen atoms in total. The van der Waals surface area contributed by atoms with E-state index in [4.69, 9.17) is 4.74 Å². The second-order valence-electron chi connectivity index (χ2n) is 7.33. The molecular weight excluding hydrogens is 453 g/mol. The Balaban J connectivity index is 0.00000272. The number of likely N-dealkylation sites (N-methyl/N-ethyl adjacent to an activating group) is 1. The lowest BCUT2D eigenvalue weighted by molar-refractivity contribution is -0.137. The molecule has 0 radical (unpaired) electrons. The number of rotatable bonds is 4. The van der Waals surface area contributed by atoms with Crippen LogP contribution in [0.2, 0.25) is 0 Å². The van der Waals surface area contributed by atoms with E-state index in [0.717, 1.165) is 29.5 Å². The molecule has 4 rings (SSSR count). The predicted octanol–water partition coefficient (Wildman–Crippen LogP) is 4.40. The maximum atomic E-state index is 13.5. The summed E-state index contributed by atoms with van der Waals surface area (Å²) in [5.74, 6) is 0.588. The number of nitrogens with one attached hydrogen (secondary N) is 1. The third-order valence-electron chi connectivity index (χ3n) is 5.63. The lowest BCUT2D eigenvalue weighted by Gasteiger charge is -2.23. The van der Waals surface area contributed by atoms with Gasteiger partial charge in [-0.05, 0) is 68.3 Å². The Hall–Kier alpha value is -2.23. The fraction of sp³-hybridized carbons (Fsp3) is 0.333. The van der Waals surface area contributed by atoms with Crippen molar-refractivity contribution in [3.8, 4) is 5.75 Å². The molecule has 1 atom stereocenters. The van der Waals surface area contributed by atoms with Crippen molar-refractivity contribution < 1.29 is 26.3 Å². The molecule has 1 aromatic heterocycles. The normalized spacial score (nSPS) is 16.6. The third kappa shape index (κ3) is 4.02. The van der Waals surface area contributed by atoms with Crippen molar-refractivity contribution in [3.05, 3.63) is 59.3 Å². The maximum Gasteiger partial charge on any atom is 0.416 e. The SMILES string of the molecule is CNC1CCc2c(c3cc(OC)ccc3n2S(=O)(=O)c2cccc(C(F)(F)F)c2)C1.Cl. The van der Waals surface area contributed by atoms with Crippen LogP contribution in [0.15, 0.2) is 47.4 Å². The van der Waals surface area contributed by atoms with Gasteiger partial charge in [-0.2, -0.15) is 13.2 Å². The molecule has 1 aliphatic rings. The van der Waals surface area contributed by atoms with Crippen LogP contribution in [0.4, 0.5) is 13.2 Å². The average molecular weight is 475 g/mol. The molecule has 0 saturated carbocycles. The second kappa shape index (κ2) is 8.37. The molecule has 10 heteroatoms. The molecule has 0 bridgehead atoms. The lowest BCUT2D eigenvalue weighted by Crippen LogP contribution is -2.32. The summed E-state index contributed by atoms with van der Waals surface area (Å²) in [5.41, 5.74) is 0.938. The topological polar surface area (TPSA) is 60.3 Å². The van der Waals surface area contributed by atoms with Crippen molar-refractivity contribution in [1.29, 1.82) is 0 Å². The number of methoxy groups -OCH3 is 1. The largest absolute Gasteiger partial charge is 0.497 e. The van der Waals surface area contributed by atoms with Gasteiger partial charge in [-0.3, -0.25) is 0 Å². The van der Waals surface area contributed by atoms with Crippen LogP contribution in [0.1, 0.15) is 23.2 Å². The van der Waals surface area contributed by atoms with Crippen LogP contribution in [-0.4, -0.2) is 32.6 Å². The van der Waals surface area contributed by atoms with Crippen molar-refractivity contribution in [1.82, 2.24) is 9.29 Å². The van der Waals surface area contributed by atoms with Gasteiger partial charge in [-0.15, -0.1) is 12.4 Å². The molecule has 31 heavy (non-hydrogen) atoms. The van der Waals surface area contributed by atoms with E-state index >= 15 is 0 Å². The van der Waals surface area contributed by atoms with E-state index in [1.54, 1.807) is 18.2 Å². The van der Waals surface area contributed by atoms with Gasteiger partial charge in [0.2, 0.25) is 0 Å². The molecule has 3 aromatic rings.